The molecule has 0 fully saturated rings. The van der Waals surface area contributed by atoms with Gasteiger partial charge in [0.2, 0.25) is 0 Å². The molecular formula is C13H13N. The number of benzene rings is 1. The first-order valence-electron chi connectivity index (χ1n) is 4.48. The topological polar surface area (TPSA) is 23.8 Å². The van der Waals surface area contributed by atoms with E-state index in [2.05, 4.69) is 32.6 Å². The Hall–Kier alpha value is -1.81. The van der Waals surface area contributed by atoms with Crippen molar-refractivity contribution < 1.29 is 0 Å². The smallest absolute Gasteiger partial charge is 0.0985 e. The van der Waals surface area contributed by atoms with Gasteiger partial charge in [-0.25, -0.2) is 0 Å². The summed E-state index contributed by atoms with van der Waals surface area (Å²) in [5.41, 5.74) is 4.07. The van der Waals surface area contributed by atoms with E-state index >= 15 is 0 Å². The van der Waals surface area contributed by atoms with Gasteiger partial charge >= 0.3 is 0 Å². The minimum atomic E-state index is 0.477. The Balaban J connectivity index is 2.94. The van der Waals surface area contributed by atoms with Crippen LogP contribution < -0.4 is 0 Å². The van der Waals surface area contributed by atoms with Crippen LogP contribution in [0.25, 0.3) is 6.08 Å². The molecule has 0 radical (unpaired) electrons. The zero-order valence-corrected chi connectivity index (χ0v) is 8.54. The van der Waals surface area contributed by atoms with Crippen LogP contribution in [0.4, 0.5) is 0 Å². The molecule has 0 unspecified atom stereocenters. The average molecular weight is 183 g/mol. The highest BCUT2D eigenvalue weighted by atomic mass is 14.2. The summed E-state index contributed by atoms with van der Waals surface area (Å²) in [6.07, 6.45) is 3.65. The summed E-state index contributed by atoms with van der Waals surface area (Å²) in [5.74, 6) is 0. The van der Waals surface area contributed by atoms with Crippen LogP contribution in [0.1, 0.15) is 16.7 Å². The average Bonchev–Trinajstić information content (AvgIpc) is 2.16. The molecule has 0 aliphatic carbocycles. The SMILES string of the molecule is C=C(C#N)/C=C\c1ccc(C)cc1C. The maximum absolute atomic E-state index is 8.53. The van der Waals surface area contributed by atoms with Crippen molar-refractivity contribution in [3.63, 3.8) is 0 Å². The quantitative estimate of drug-likeness (QED) is 0.509. The molecule has 0 amide bonds. The number of nitriles is 1. The van der Waals surface area contributed by atoms with Gasteiger partial charge in [-0.2, -0.15) is 5.26 Å². The van der Waals surface area contributed by atoms with E-state index in [4.69, 9.17) is 5.26 Å². The van der Waals surface area contributed by atoms with Crippen LogP contribution in [-0.4, -0.2) is 0 Å². The summed E-state index contributed by atoms with van der Waals surface area (Å²) in [5, 5.41) is 8.53. The van der Waals surface area contributed by atoms with E-state index in [0.29, 0.717) is 5.57 Å². The monoisotopic (exact) mass is 183 g/mol. The standard InChI is InChI=1S/C13H13N/c1-10-4-6-13(12(3)8-10)7-5-11(2)9-14/h4-8H,2H2,1,3H3/b7-5-. The molecule has 0 aromatic heterocycles. The van der Waals surface area contributed by atoms with Gasteiger partial charge in [0.05, 0.1) is 6.07 Å². The van der Waals surface area contributed by atoms with Crippen LogP contribution in [0.15, 0.2) is 36.4 Å². The number of hydrogen-bond acceptors (Lipinski definition) is 1. The van der Waals surface area contributed by atoms with Crippen LogP contribution in [0.5, 0.6) is 0 Å². The second-order valence-electron chi connectivity index (χ2n) is 3.33. The molecule has 1 aromatic carbocycles. The first kappa shape index (κ1) is 10.3. The van der Waals surface area contributed by atoms with Crippen LogP contribution in [0.2, 0.25) is 0 Å². The number of rotatable bonds is 2. The Kier molecular flexibility index (Phi) is 3.25. The zero-order valence-electron chi connectivity index (χ0n) is 8.54. The van der Waals surface area contributed by atoms with Crippen LogP contribution in [-0.2, 0) is 0 Å². The van der Waals surface area contributed by atoms with Gasteiger partial charge in [0.1, 0.15) is 0 Å². The highest BCUT2D eigenvalue weighted by molar-refractivity contribution is 5.58. The Bertz CT molecular complexity index is 419. The third kappa shape index (κ3) is 2.60. The molecule has 1 nitrogen and oxygen atoms in total. The largest absolute Gasteiger partial charge is 0.192 e. The van der Waals surface area contributed by atoms with Crippen molar-refractivity contribution >= 4 is 6.08 Å². The second-order valence-corrected chi connectivity index (χ2v) is 3.33. The van der Waals surface area contributed by atoms with Crippen molar-refractivity contribution in [2.45, 2.75) is 13.8 Å². The summed E-state index contributed by atoms with van der Waals surface area (Å²) in [4.78, 5) is 0. The Morgan fingerprint density at radius 2 is 2.14 bits per heavy atom. The van der Waals surface area contributed by atoms with E-state index in [-0.39, 0.29) is 0 Å². The molecular weight excluding hydrogens is 170 g/mol. The first-order chi connectivity index (χ1) is 6.63. The predicted octanol–water partition coefficient (Wildman–Crippen LogP) is 3.40. The Morgan fingerprint density at radius 1 is 1.43 bits per heavy atom. The summed E-state index contributed by atoms with van der Waals surface area (Å²) in [6.45, 7) is 7.71. The molecule has 0 saturated carbocycles. The molecule has 1 heteroatoms. The van der Waals surface area contributed by atoms with Crippen molar-refractivity contribution in [3.8, 4) is 6.07 Å². The minimum Gasteiger partial charge on any atom is -0.192 e. The van der Waals surface area contributed by atoms with Crippen LogP contribution in [0, 0.1) is 25.2 Å². The number of hydrogen-bond donors (Lipinski definition) is 0. The Morgan fingerprint density at radius 3 is 2.71 bits per heavy atom. The van der Waals surface area contributed by atoms with Crippen molar-refractivity contribution in [3.05, 3.63) is 53.1 Å². The third-order valence-corrected chi connectivity index (χ3v) is 2.03. The Labute approximate surface area is 85.0 Å². The molecule has 0 aliphatic heterocycles. The minimum absolute atomic E-state index is 0.477. The number of allylic oxidation sites excluding steroid dienone is 2. The van der Waals surface area contributed by atoms with Gasteiger partial charge in [0.15, 0.2) is 0 Å². The van der Waals surface area contributed by atoms with Crippen LogP contribution >= 0.6 is 0 Å². The van der Waals surface area contributed by atoms with E-state index in [1.54, 1.807) is 6.08 Å². The van der Waals surface area contributed by atoms with Gasteiger partial charge in [-0.15, -0.1) is 0 Å². The summed E-state index contributed by atoms with van der Waals surface area (Å²) in [7, 11) is 0. The third-order valence-electron chi connectivity index (χ3n) is 2.03. The highest BCUT2D eigenvalue weighted by Crippen LogP contribution is 2.12. The maximum Gasteiger partial charge on any atom is 0.0985 e. The van der Waals surface area contributed by atoms with Gasteiger partial charge in [-0.1, -0.05) is 36.4 Å². The van der Waals surface area contributed by atoms with Gasteiger partial charge < -0.3 is 0 Å². The first-order valence-corrected chi connectivity index (χ1v) is 4.48. The van der Waals surface area contributed by atoms with E-state index in [9.17, 15) is 0 Å². The summed E-state index contributed by atoms with van der Waals surface area (Å²) >= 11 is 0. The molecule has 0 saturated heterocycles. The molecule has 1 rings (SSSR count). The van der Waals surface area contributed by atoms with Crippen molar-refractivity contribution in [1.82, 2.24) is 0 Å². The molecule has 0 N–H and O–H groups in total. The molecule has 70 valence electrons. The van der Waals surface area contributed by atoms with E-state index in [1.165, 1.54) is 11.1 Å². The van der Waals surface area contributed by atoms with Crippen molar-refractivity contribution in [2.75, 3.05) is 0 Å². The van der Waals surface area contributed by atoms with Gasteiger partial charge in [0.25, 0.3) is 0 Å². The summed E-state index contributed by atoms with van der Waals surface area (Å²) in [6, 6.07) is 8.21. The van der Waals surface area contributed by atoms with Gasteiger partial charge in [-0.3, -0.25) is 0 Å². The fourth-order valence-corrected chi connectivity index (χ4v) is 1.24. The van der Waals surface area contributed by atoms with E-state index in [1.807, 2.05) is 18.2 Å². The van der Waals surface area contributed by atoms with E-state index < -0.39 is 0 Å². The van der Waals surface area contributed by atoms with E-state index in [0.717, 1.165) is 5.56 Å². The molecule has 0 atom stereocenters. The fourth-order valence-electron chi connectivity index (χ4n) is 1.24. The van der Waals surface area contributed by atoms with Crippen molar-refractivity contribution in [1.29, 1.82) is 5.26 Å². The lowest BCUT2D eigenvalue weighted by Crippen LogP contribution is -1.81. The predicted molar refractivity (Wildman–Crippen MR) is 59.7 cm³/mol. The second kappa shape index (κ2) is 4.43. The lowest BCUT2D eigenvalue weighted by molar-refractivity contribution is 1.37. The van der Waals surface area contributed by atoms with Gasteiger partial charge in [0, 0.05) is 5.57 Å². The highest BCUT2D eigenvalue weighted by Gasteiger charge is 1.93. The molecule has 0 bridgehead atoms. The fraction of sp³-hybridized carbons (Fsp3) is 0.154. The molecule has 14 heavy (non-hydrogen) atoms. The molecule has 0 heterocycles. The number of aryl methyl sites for hydroxylation is 2. The molecule has 0 spiro atoms. The molecule has 0 aliphatic rings. The summed E-state index contributed by atoms with van der Waals surface area (Å²) < 4.78 is 0. The molecule has 1 aromatic rings. The lowest BCUT2D eigenvalue weighted by atomic mass is 10.0. The normalized spacial score (nSPS) is 10.1. The zero-order chi connectivity index (χ0) is 10.6. The lowest BCUT2D eigenvalue weighted by Gasteiger charge is -2.00. The van der Waals surface area contributed by atoms with Gasteiger partial charge in [-0.05, 0) is 31.1 Å². The van der Waals surface area contributed by atoms with Crippen LogP contribution in [0.3, 0.4) is 0 Å². The number of nitrogens with zero attached hydrogens (tertiary/aromatic N) is 1. The maximum atomic E-state index is 8.53. The van der Waals surface area contributed by atoms with Crippen molar-refractivity contribution in [2.24, 2.45) is 0 Å².